The molecular weight excluding hydrogens is 600 g/mol. The molecule has 0 N–H and O–H groups in total. The summed E-state index contributed by atoms with van der Waals surface area (Å²) >= 11 is -2.70. The number of benzene rings is 1. The van der Waals surface area contributed by atoms with Crippen LogP contribution in [0.15, 0.2) is 46.1 Å². The van der Waals surface area contributed by atoms with Crippen LogP contribution >= 0.6 is 0 Å². The Morgan fingerprint density at radius 1 is 0.920 bits per heavy atom. The van der Waals surface area contributed by atoms with Gasteiger partial charge in [-0.25, -0.2) is 0 Å². The summed E-state index contributed by atoms with van der Waals surface area (Å²) < 4.78 is 10.4. The number of allylic oxidation sites excluding steroid dienone is 1. The number of carbonyl (C=O) groups is 2. The van der Waals surface area contributed by atoms with Crippen LogP contribution in [0.3, 0.4) is 0 Å². The average Bonchev–Trinajstić information content (AvgIpc) is 3.32. The van der Waals surface area contributed by atoms with E-state index in [0.29, 0.717) is 16.7 Å². The maximum atomic E-state index is 12.6. The zero-order valence-corrected chi connectivity index (χ0v) is 20.5. The fraction of sp³-hybridized carbons (Fsp3) is 0.100. The number of carbonyl (C=O) groups excluding carboxylic acids is 2. The molecule has 2 aliphatic rings. The summed E-state index contributed by atoms with van der Waals surface area (Å²) in [6.45, 7) is 0. The minimum atomic E-state index is -2.10. The van der Waals surface area contributed by atoms with Crippen molar-refractivity contribution in [3.63, 3.8) is 0 Å². The molecule has 0 unspecified atom stereocenters. The van der Waals surface area contributed by atoms with E-state index < -0.39 is 33.7 Å². The zero-order valence-electron chi connectivity index (χ0n) is 13.8. The number of rotatable bonds is 1. The molecule has 2 nitrogen and oxygen atoms in total. The molecule has 122 valence electrons. The molecule has 0 saturated carbocycles. The van der Waals surface area contributed by atoms with Crippen LogP contribution in [0.1, 0.15) is 24.3 Å². The second kappa shape index (κ2) is 5.69. The predicted molar refractivity (Wildman–Crippen MR) is 106 cm³/mol. The molecule has 0 amide bonds. The normalized spacial score (nSPS) is 16.8. The Bertz CT molecular complexity index is 1080. The molecule has 25 heavy (non-hydrogen) atoms. The van der Waals surface area contributed by atoms with Crippen LogP contribution in [0.5, 0.6) is 0 Å². The van der Waals surface area contributed by atoms with Crippen LogP contribution < -0.4 is 8.79 Å². The zero-order chi connectivity index (χ0) is 17.3. The van der Waals surface area contributed by atoms with E-state index in [4.69, 9.17) is 0 Å². The van der Waals surface area contributed by atoms with Crippen molar-refractivity contribution in [2.24, 2.45) is 0 Å². The van der Waals surface area contributed by atoms with E-state index in [9.17, 15) is 9.59 Å². The fourth-order valence-electron chi connectivity index (χ4n) is 3.78. The Kier molecular flexibility index (Phi) is 3.76. The van der Waals surface area contributed by atoms with Gasteiger partial charge in [0.05, 0.1) is 0 Å². The fourth-order valence-corrected chi connectivity index (χ4v) is 27.8. The molecular formula is C20H14GeO2Te2. The molecule has 0 bridgehead atoms. The van der Waals surface area contributed by atoms with E-state index in [-0.39, 0.29) is 32.0 Å². The summed E-state index contributed by atoms with van der Waals surface area (Å²) in [5, 5.41) is 0. The molecule has 3 heterocycles. The van der Waals surface area contributed by atoms with Crippen molar-refractivity contribution < 1.29 is 9.59 Å². The van der Waals surface area contributed by atoms with E-state index in [1.165, 1.54) is 3.58 Å². The second-order valence-electron chi connectivity index (χ2n) is 6.94. The average molecular weight is 614 g/mol. The van der Waals surface area contributed by atoms with Crippen molar-refractivity contribution in [2.45, 2.75) is 11.5 Å². The first-order chi connectivity index (χ1) is 12.0. The third-order valence-corrected chi connectivity index (χ3v) is 21.9. The number of fused-ring (bicyclic) bond motifs is 4. The van der Waals surface area contributed by atoms with Gasteiger partial charge in [-0.15, -0.1) is 0 Å². The molecule has 5 heteroatoms. The Labute approximate surface area is 168 Å². The molecule has 0 spiro atoms. The summed E-state index contributed by atoms with van der Waals surface area (Å²) in [5.74, 6) is 4.78. The molecule has 1 aromatic carbocycles. The van der Waals surface area contributed by atoms with Crippen LogP contribution in [0.4, 0.5) is 0 Å². The number of Topliss-reactive ketones (excluding diaryl/α,β-unsaturated/α-hetero) is 2. The summed E-state index contributed by atoms with van der Waals surface area (Å²) in [6, 6.07) is 11.9. The third-order valence-electron chi connectivity index (χ3n) is 5.16. The quantitative estimate of drug-likeness (QED) is 0.239. The van der Waals surface area contributed by atoms with Gasteiger partial charge in [0.15, 0.2) is 0 Å². The SMILES string of the molecule is [CH3][Ge]1([CH3])[c]2cc[te]c2-c2[te]c(C=C3C(=O)c4ccccc4C3=O)c[c]21. The minimum absolute atomic E-state index is 0.0990. The van der Waals surface area contributed by atoms with E-state index in [2.05, 4.69) is 27.7 Å². The van der Waals surface area contributed by atoms with Crippen molar-refractivity contribution in [3.05, 3.63) is 60.8 Å². The standard InChI is InChI=1S/C20H14GeO2Te2/c1-21(2)15-7-8-24-19(15)20-16(21)10-11(25-20)9-14-17(22)12-5-3-4-6-13(12)18(14)23/h3-10H,1-2H3. The van der Waals surface area contributed by atoms with E-state index in [1.807, 2.05) is 18.2 Å². The first-order valence-corrected chi connectivity index (χ1v) is 19.2. The Hall–Kier alpha value is -0.618. The monoisotopic (exact) mass is 620 g/mol. The third kappa shape index (κ3) is 2.29. The van der Waals surface area contributed by atoms with E-state index in [1.54, 1.807) is 28.1 Å². The van der Waals surface area contributed by atoms with Crippen LogP contribution in [0, 0.1) is 0 Å². The van der Waals surface area contributed by atoms with E-state index in [0.717, 1.165) is 0 Å². The van der Waals surface area contributed by atoms with Gasteiger partial charge >= 0.3 is 170 Å². The maximum absolute atomic E-state index is 12.6. The van der Waals surface area contributed by atoms with Crippen LogP contribution in [0.25, 0.3) is 13.2 Å². The molecule has 2 aromatic heterocycles. The van der Waals surface area contributed by atoms with E-state index >= 15 is 0 Å². The van der Waals surface area contributed by atoms with Gasteiger partial charge in [0, 0.05) is 0 Å². The van der Waals surface area contributed by atoms with Gasteiger partial charge < -0.3 is 0 Å². The van der Waals surface area contributed by atoms with Gasteiger partial charge in [-0.05, 0) is 0 Å². The van der Waals surface area contributed by atoms with Gasteiger partial charge in [-0.1, -0.05) is 0 Å². The van der Waals surface area contributed by atoms with Crippen molar-refractivity contribution >= 4 is 80.6 Å². The van der Waals surface area contributed by atoms with Gasteiger partial charge in [-0.3, -0.25) is 0 Å². The van der Waals surface area contributed by atoms with Crippen molar-refractivity contribution in [2.75, 3.05) is 0 Å². The van der Waals surface area contributed by atoms with Crippen LogP contribution in [-0.2, 0) is 0 Å². The first kappa shape index (κ1) is 16.5. The molecule has 5 rings (SSSR count). The topological polar surface area (TPSA) is 34.1 Å². The number of hydrogen-bond donors (Lipinski definition) is 0. The van der Waals surface area contributed by atoms with Crippen LogP contribution in [0.2, 0.25) is 11.5 Å². The van der Waals surface area contributed by atoms with Gasteiger partial charge in [0.2, 0.25) is 0 Å². The molecule has 1 aliphatic carbocycles. The number of hydrogen-bond acceptors (Lipinski definition) is 2. The first-order valence-electron chi connectivity index (χ1n) is 8.11. The number of ketones is 2. The molecule has 3 aromatic rings. The van der Waals surface area contributed by atoms with Crippen molar-refractivity contribution in [1.82, 2.24) is 0 Å². The molecule has 0 saturated heterocycles. The Morgan fingerprint density at radius 3 is 2.28 bits per heavy atom. The van der Waals surface area contributed by atoms with Gasteiger partial charge in [0.1, 0.15) is 0 Å². The van der Waals surface area contributed by atoms with Gasteiger partial charge in [0.25, 0.3) is 0 Å². The van der Waals surface area contributed by atoms with Gasteiger partial charge in [-0.2, -0.15) is 0 Å². The summed E-state index contributed by atoms with van der Waals surface area (Å²) in [7, 11) is 0. The molecule has 0 atom stereocenters. The van der Waals surface area contributed by atoms with Crippen LogP contribution in [-0.4, -0.2) is 65.7 Å². The van der Waals surface area contributed by atoms with Crippen molar-refractivity contribution in [3.8, 4) is 7.16 Å². The van der Waals surface area contributed by atoms with Crippen molar-refractivity contribution in [1.29, 1.82) is 0 Å². The molecule has 0 fully saturated rings. The summed E-state index contributed by atoms with van der Waals surface area (Å²) in [4.78, 5) is 25.3. The Morgan fingerprint density at radius 2 is 1.60 bits per heavy atom. The second-order valence-corrected chi connectivity index (χ2v) is 21.7. The summed E-state index contributed by atoms with van der Waals surface area (Å²) in [6.07, 6.45) is 1.92. The predicted octanol–water partition coefficient (Wildman–Crippen LogP) is 2.07. The summed E-state index contributed by atoms with van der Waals surface area (Å²) in [5.41, 5.74) is 1.50. The Balaban J connectivity index is 1.63. The molecule has 0 radical (unpaired) electrons. The molecule has 1 aliphatic heterocycles.